The van der Waals surface area contributed by atoms with E-state index in [2.05, 4.69) is 15.5 Å². The predicted octanol–water partition coefficient (Wildman–Crippen LogP) is 0.722. The Morgan fingerprint density at radius 3 is 2.92 bits per heavy atom. The van der Waals surface area contributed by atoms with E-state index >= 15 is 0 Å². The molecule has 2 amide bonds. The van der Waals surface area contributed by atoms with Crippen LogP contribution in [0.1, 0.15) is 44.3 Å². The van der Waals surface area contributed by atoms with Gasteiger partial charge in [0, 0.05) is 32.7 Å². The van der Waals surface area contributed by atoms with E-state index < -0.39 is 0 Å². The molecule has 2 fully saturated rings. The van der Waals surface area contributed by atoms with Gasteiger partial charge in [0.2, 0.25) is 11.8 Å². The van der Waals surface area contributed by atoms with Crippen LogP contribution in [0.5, 0.6) is 0 Å². The lowest BCUT2D eigenvalue weighted by molar-refractivity contribution is -0.140. The van der Waals surface area contributed by atoms with Crippen LogP contribution in [-0.2, 0) is 27.4 Å². The second-order valence-corrected chi connectivity index (χ2v) is 6.87. The summed E-state index contributed by atoms with van der Waals surface area (Å²) in [5.41, 5.74) is 0. The number of likely N-dealkylation sites (tertiary alicyclic amines) is 1. The molecule has 1 aliphatic heterocycles. The normalized spacial score (nSPS) is 21.7. The molecular formula is C17H27N5O3. The monoisotopic (exact) mass is 349 g/mol. The van der Waals surface area contributed by atoms with Crippen LogP contribution < -0.4 is 5.32 Å². The van der Waals surface area contributed by atoms with E-state index in [9.17, 15) is 9.59 Å². The second-order valence-electron chi connectivity index (χ2n) is 6.87. The fourth-order valence-corrected chi connectivity index (χ4v) is 3.76. The quantitative estimate of drug-likeness (QED) is 0.783. The summed E-state index contributed by atoms with van der Waals surface area (Å²) in [7, 11) is 1.65. The summed E-state index contributed by atoms with van der Waals surface area (Å²) in [5, 5.41) is 10.9. The average Bonchev–Trinajstić information content (AvgIpc) is 3.30. The van der Waals surface area contributed by atoms with Gasteiger partial charge in [-0.05, 0) is 19.3 Å². The summed E-state index contributed by atoms with van der Waals surface area (Å²) in [6.07, 6.45) is 7.25. The van der Waals surface area contributed by atoms with Crippen molar-refractivity contribution in [3.05, 3.63) is 12.2 Å². The van der Waals surface area contributed by atoms with Gasteiger partial charge in [-0.2, -0.15) is 0 Å². The van der Waals surface area contributed by atoms with E-state index in [1.165, 1.54) is 12.8 Å². The summed E-state index contributed by atoms with van der Waals surface area (Å²) < 4.78 is 6.93. The molecule has 2 aliphatic rings. The van der Waals surface area contributed by atoms with E-state index in [1.807, 2.05) is 9.47 Å². The Morgan fingerprint density at radius 1 is 1.36 bits per heavy atom. The number of hydrogen-bond acceptors (Lipinski definition) is 5. The first kappa shape index (κ1) is 17.8. The van der Waals surface area contributed by atoms with Gasteiger partial charge in [0.05, 0.1) is 19.1 Å². The number of amides is 2. The highest BCUT2D eigenvalue weighted by molar-refractivity contribution is 5.84. The summed E-state index contributed by atoms with van der Waals surface area (Å²) in [6, 6.07) is 0.334. The Balaban J connectivity index is 1.52. The van der Waals surface area contributed by atoms with Crippen molar-refractivity contribution in [3.63, 3.8) is 0 Å². The molecule has 1 unspecified atom stereocenters. The number of carbonyl (C=O) groups is 2. The van der Waals surface area contributed by atoms with Gasteiger partial charge in [0.25, 0.3) is 0 Å². The molecule has 1 N–H and O–H groups in total. The van der Waals surface area contributed by atoms with Crippen LogP contribution in [0.3, 0.4) is 0 Å². The minimum Gasteiger partial charge on any atom is -0.383 e. The molecule has 0 bridgehead atoms. The number of rotatable bonds is 7. The zero-order chi connectivity index (χ0) is 17.6. The molecule has 0 spiro atoms. The number of hydrogen-bond donors (Lipinski definition) is 1. The standard InChI is InChI=1S/C17H27N5O3/c1-25-9-8-21-12-19-20-15(21)10-18-17(24)13-6-7-16(23)22(11-13)14-4-2-3-5-14/h12-14H,2-11H2,1H3,(H,18,24). The fraction of sp³-hybridized carbons (Fsp3) is 0.765. The zero-order valence-corrected chi connectivity index (χ0v) is 14.8. The second kappa shape index (κ2) is 8.42. The lowest BCUT2D eigenvalue weighted by Crippen LogP contribution is -2.49. The first-order valence-corrected chi connectivity index (χ1v) is 9.12. The van der Waals surface area contributed by atoms with Crippen LogP contribution >= 0.6 is 0 Å². The molecule has 1 saturated heterocycles. The molecule has 1 saturated carbocycles. The topological polar surface area (TPSA) is 89.3 Å². The lowest BCUT2D eigenvalue weighted by atomic mass is 9.95. The number of carbonyl (C=O) groups excluding carboxylic acids is 2. The van der Waals surface area contributed by atoms with Crippen molar-refractivity contribution in [1.29, 1.82) is 0 Å². The van der Waals surface area contributed by atoms with E-state index in [0.717, 1.165) is 12.8 Å². The molecule has 3 rings (SSSR count). The van der Waals surface area contributed by atoms with Crippen LogP contribution in [0, 0.1) is 5.92 Å². The van der Waals surface area contributed by atoms with Crippen LogP contribution in [0.15, 0.2) is 6.33 Å². The third-order valence-corrected chi connectivity index (χ3v) is 5.23. The van der Waals surface area contributed by atoms with Gasteiger partial charge < -0.3 is 19.5 Å². The highest BCUT2D eigenvalue weighted by atomic mass is 16.5. The van der Waals surface area contributed by atoms with Gasteiger partial charge >= 0.3 is 0 Å². The Kier molecular flexibility index (Phi) is 6.01. The van der Waals surface area contributed by atoms with Gasteiger partial charge in [-0.15, -0.1) is 10.2 Å². The molecule has 138 valence electrons. The summed E-state index contributed by atoms with van der Waals surface area (Å²) in [5.74, 6) is 0.783. The largest absolute Gasteiger partial charge is 0.383 e. The van der Waals surface area contributed by atoms with Crippen molar-refractivity contribution in [1.82, 2.24) is 25.0 Å². The van der Waals surface area contributed by atoms with Crippen molar-refractivity contribution in [2.45, 2.75) is 57.7 Å². The maximum absolute atomic E-state index is 12.6. The number of ether oxygens (including phenoxy) is 1. The highest BCUT2D eigenvalue weighted by Crippen LogP contribution is 2.28. The molecule has 1 aromatic rings. The molecule has 1 aliphatic carbocycles. The summed E-state index contributed by atoms with van der Waals surface area (Å²) in [6.45, 7) is 2.12. The predicted molar refractivity (Wildman–Crippen MR) is 90.4 cm³/mol. The molecule has 0 radical (unpaired) electrons. The molecule has 2 heterocycles. The SMILES string of the molecule is COCCn1cnnc1CNC(=O)C1CCC(=O)N(C2CCCC2)C1. The van der Waals surface area contributed by atoms with Crippen molar-refractivity contribution in [2.75, 3.05) is 20.3 Å². The molecule has 8 heteroatoms. The molecule has 0 aromatic carbocycles. The van der Waals surface area contributed by atoms with Crippen molar-refractivity contribution in [2.24, 2.45) is 5.92 Å². The minimum atomic E-state index is -0.131. The number of nitrogens with zero attached hydrogens (tertiary/aromatic N) is 4. The third-order valence-electron chi connectivity index (χ3n) is 5.23. The van der Waals surface area contributed by atoms with Gasteiger partial charge in [-0.3, -0.25) is 9.59 Å². The highest BCUT2D eigenvalue weighted by Gasteiger charge is 2.35. The zero-order valence-electron chi connectivity index (χ0n) is 14.8. The van der Waals surface area contributed by atoms with Gasteiger partial charge in [-0.25, -0.2) is 0 Å². The van der Waals surface area contributed by atoms with Crippen molar-refractivity contribution >= 4 is 11.8 Å². The molecule has 1 aromatic heterocycles. The fourth-order valence-electron chi connectivity index (χ4n) is 3.76. The van der Waals surface area contributed by atoms with Crippen molar-refractivity contribution < 1.29 is 14.3 Å². The van der Waals surface area contributed by atoms with Gasteiger partial charge in [0.15, 0.2) is 5.82 Å². The maximum atomic E-state index is 12.6. The van der Waals surface area contributed by atoms with Crippen LogP contribution in [0.2, 0.25) is 0 Å². The summed E-state index contributed by atoms with van der Waals surface area (Å²) in [4.78, 5) is 26.7. The van der Waals surface area contributed by atoms with E-state index in [0.29, 0.717) is 50.9 Å². The van der Waals surface area contributed by atoms with Crippen LogP contribution in [0.4, 0.5) is 0 Å². The Morgan fingerprint density at radius 2 is 2.16 bits per heavy atom. The number of nitrogens with one attached hydrogen (secondary N) is 1. The first-order chi connectivity index (χ1) is 12.2. The van der Waals surface area contributed by atoms with Crippen LogP contribution in [0.25, 0.3) is 0 Å². The molecule has 25 heavy (non-hydrogen) atoms. The maximum Gasteiger partial charge on any atom is 0.225 e. The van der Waals surface area contributed by atoms with Crippen LogP contribution in [-0.4, -0.2) is 57.8 Å². The molecule has 8 nitrogen and oxygen atoms in total. The molecular weight excluding hydrogens is 322 g/mol. The van der Waals surface area contributed by atoms with E-state index in [4.69, 9.17) is 4.74 Å². The Bertz CT molecular complexity index is 597. The lowest BCUT2D eigenvalue weighted by Gasteiger charge is -2.36. The number of piperidine rings is 1. The van der Waals surface area contributed by atoms with E-state index in [-0.39, 0.29) is 17.7 Å². The smallest absolute Gasteiger partial charge is 0.225 e. The Hall–Kier alpha value is -1.96. The average molecular weight is 349 g/mol. The third kappa shape index (κ3) is 4.36. The number of methoxy groups -OCH3 is 1. The van der Waals surface area contributed by atoms with Gasteiger partial charge in [0.1, 0.15) is 6.33 Å². The number of aromatic nitrogens is 3. The Labute approximate surface area is 147 Å². The minimum absolute atomic E-state index is 0.00297. The van der Waals surface area contributed by atoms with Crippen molar-refractivity contribution in [3.8, 4) is 0 Å². The molecule has 1 atom stereocenters. The summed E-state index contributed by atoms with van der Waals surface area (Å²) >= 11 is 0. The first-order valence-electron chi connectivity index (χ1n) is 9.12. The van der Waals surface area contributed by atoms with Gasteiger partial charge in [-0.1, -0.05) is 12.8 Å². The van der Waals surface area contributed by atoms with E-state index in [1.54, 1.807) is 13.4 Å².